The lowest BCUT2D eigenvalue weighted by atomic mass is 10.1. The van der Waals surface area contributed by atoms with Crippen molar-refractivity contribution in [2.75, 3.05) is 6.61 Å². The van der Waals surface area contributed by atoms with E-state index in [1.165, 1.54) is 16.5 Å². The van der Waals surface area contributed by atoms with Crippen molar-refractivity contribution in [3.05, 3.63) is 72.1 Å². The summed E-state index contributed by atoms with van der Waals surface area (Å²) in [4.78, 5) is 4.44. The van der Waals surface area contributed by atoms with Crippen molar-refractivity contribution >= 4 is 21.8 Å². The van der Waals surface area contributed by atoms with Crippen LogP contribution in [0.4, 0.5) is 0 Å². The summed E-state index contributed by atoms with van der Waals surface area (Å²) in [5.74, 6) is 0.768. The van der Waals surface area contributed by atoms with Crippen LogP contribution in [0.3, 0.4) is 0 Å². The first-order valence-electron chi connectivity index (χ1n) is 8.82. The molecule has 1 aromatic heterocycles. The van der Waals surface area contributed by atoms with Gasteiger partial charge in [0, 0.05) is 0 Å². The molecule has 1 atom stereocenters. The van der Waals surface area contributed by atoms with Crippen LogP contribution in [-0.4, -0.2) is 27.4 Å². The van der Waals surface area contributed by atoms with Crippen LogP contribution in [0.1, 0.15) is 11.1 Å². The zero-order valence-corrected chi connectivity index (χ0v) is 15.0. The van der Waals surface area contributed by atoms with E-state index < -0.39 is 6.10 Å². The van der Waals surface area contributed by atoms with Crippen LogP contribution in [-0.2, 0) is 6.54 Å². The molecule has 0 saturated heterocycles. The number of aliphatic hydroxyl groups is 1. The van der Waals surface area contributed by atoms with E-state index in [2.05, 4.69) is 43.1 Å². The Balaban J connectivity index is 1.45. The molecule has 1 N–H and O–H groups in total. The van der Waals surface area contributed by atoms with Gasteiger partial charge in [0.1, 0.15) is 18.5 Å². The largest absolute Gasteiger partial charge is 0.491 e. The Kier molecular flexibility index (Phi) is 4.35. The Morgan fingerprint density at radius 1 is 1.00 bits per heavy atom. The minimum Gasteiger partial charge on any atom is -0.491 e. The molecule has 3 aromatic carbocycles. The molecule has 0 saturated carbocycles. The lowest BCUT2D eigenvalue weighted by Crippen LogP contribution is -2.23. The maximum atomic E-state index is 10.4. The number of aliphatic hydroxyl groups excluding tert-OH is 1. The summed E-state index contributed by atoms with van der Waals surface area (Å²) in [7, 11) is 0. The zero-order valence-electron chi connectivity index (χ0n) is 15.0. The van der Waals surface area contributed by atoms with E-state index in [4.69, 9.17) is 4.74 Å². The van der Waals surface area contributed by atoms with E-state index in [0.717, 1.165) is 22.2 Å². The molecule has 1 heterocycles. The molecular weight excluding hydrogens is 324 g/mol. The van der Waals surface area contributed by atoms with E-state index >= 15 is 0 Å². The number of fused-ring (bicyclic) bond motifs is 2. The molecular formula is C22H22N2O2. The number of rotatable bonds is 5. The van der Waals surface area contributed by atoms with Gasteiger partial charge in [-0.15, -0.1) is 0 Å². The fourth-order valence-corrected chi connectivity index (χ4v) is 3.19. The van der Waals surface area contributed by atoms with Crippen molar-refractivity contribution in [3.8, 4) is 5.75 Å². The monoisotopic (exact) mass is 346 g/mol. The quantitative estimate of drug-likeness (QED) is 0.588. The second kappa shape index (κ2) is 6.81. The summed E-state index contributed by atoms with van der Waals surface area (Å²) in [6, 6.07) is 18.3. The van der Waals surface area contributed by atoms with Crippen LogP contribution < -0.4 is 4.74 Å². The smallest absolute Gasteiger partial charge is 0.120 e. The highest BCUT2D eigenvalue weighted by Gasteiger charge is 2.11. The second-order valence-electron chi connectivity index (χ2n) is 6.80. The van der Waals surface area contributed by atoms with Gasteiger partial charge in [-0.2, -0.15) is 0 Å². The minimum absolute atomic E-state index is 0.239. The highest BCUT2D eigenvalue weighted by molar-refractivity contribution is 5.83. The van der Waals surface area contributed by atoms with Crippen molar-refractivity contribution in [3.63, 3.8) is 0 Å². The third-order valence-corrected chi connectivity index (χ3v) is 4.81. The molecule has 4 aromatic rings. The Hall–Kier alpha value is -2.85. The Morgan fingerprint density at radius 3 is 2.62 bits per heavy atom. The average Bonchev–Trinajstić information content (AvgIpc) is 3.02. The van der Waals surface area contributed by atoms with Crippen molar-refractivity contribution in [1.82, 2.24) is 9.55 Å². The van der Waals surface area contributed by atoms with Crippen molar-refractivity contribution in [2.45, 2.75) is 26.5 Å². The summed E-state index contributed by atoms with van der Waals surface area (Å²) >= 11 is 0. The summed E-state index contributed by atoms with van der Waals surface area (Å²) < 4.78 is 7.78. The van der Waals surface area contributed by atoms with Gasteiger partial charge in [-0.3, -0.25) is 0 Å². The highest BCUT2D eigenvalue weighted by Crippen LogP contribution is 2.21. The van der Waals surface area contributed by atoms with E-state index in [-0.39, 0.29) is 6.61 Å². The first-order chi connectivity index (χ1) is 12.6. The Morgan fingerprint density at radius 2 is 1.77 bits per heavy atom. The molecule has 0 aliphatic heterocycles. The zero-order chi connectivity index (χ0) is 18.1. The first-order valence-corrected chi connectivity index (χ1v) is 8.82. The summed E-state index contributed by atoms with van der Waals surface area (Å²) in [5, 5.41) is 12.7. The van der Waals surface area contributed by atoms with Gasteiger partial charge in [-0.25, -0.2) is 4.98 Å². The van der Waals surface area contributed by atoms with Crippen molar-refractivity contribution in [2.24, 2.45) is 0 Å². The molecule has 0 bridgehead atoms. The highest BCUT2D eigenvalue weighted by atomic mass is 16.5. The van der Waals surface area contributed by atoms with Crippen molar-refractivity contribution < 1.29 is 9.84 Å². The van der Waals surface area contributed by atoms with E-state index in [1.807, 2.05) is 34.9 Å². The maximum Gasteiger partial charge on any atom is 0.120 e. The number of imidazole rings is 1. The fourth-order valence-electron chi connectivity index (χ4n) is 3.19. The van der Waals surface area contributed by atoms with Gasteiger partial charge in [-0.05, 0) is 60.0 Å². The molecule has 0 aliphatic rings. The van der Waals surface area contributed by atoms with Gasteiger partial charge in [0.05, 0.1) is 23.9 Å². The molecule has 0 radical (unpaired) electrons. The fraction of sp³-hybridized carbons (Fsp3) is 0.227. The van der Waals surface area contributed by atoms with Gasteiger partial charge < -0.3 is 14.4 Å². The van der Waals surface area contributed by atoms with Gasteiger partial charge in [0.25, 0.3) is 0 Å². The maximum absolute atomic E-state index is 10.4. The summed E-state index contributed by atoms with van der Waals surface area (Å²) in [6.45, 7) is 4.86. The number of ether oxygens (including phenoxy) is 1. The van der Waals surface area contributed by atoms with Crippen LogP contribution >= 0.6 is 0 Å². The number of aryl methyl sites for hydroxylation is 2. The summed E-state index contributed by atoms with van der Waals surface area (Å²) in [6.07, 6.45) is 1.17. The third-order valence-electron chi connectivity index (χ3n) is 4.81. The van der Waals surface area contributed by atoms with E-state index in [1.54, 1.807) is 6.33 Å². The minimum atomic E-state index is -0.611. The van der Waals surface area contributed by atoms with Gasteiger partial charge in [0.2, 0.25) is 0 Å². The normalized spacial score (nSPS) is 12.6. The molecule has 0 amide bonds. The molecule has 4 heteroatoms. The first kappa shape index (κ1) is 16.6. The van der Waals surface area contributed by atoms with Crippen LogP contribution in [0.2, 0.25) is 0 Å². The van der Waals surface area contributed by atoms with Crippen LogP contribution in [0.5, 0.6) is 5.75 Å². The third kappa shape index (κ3) is 3.28. The molecule has 4 nitrogen and oxygen atoms in total. The number of aromatic nitrogens is 2. The SMILES string of the molecule is Cc1cc2ncn(C[C@H](O)COc3ccc4ccccc4c3)c2cc1C. The molecule has 0 aliphatic carbocycles. The van der Waals surface area contributed by atoms with Gasteiger partial charge >= 0.3 is 0 Å². The summed E-state index contributed by atoms with van der Waals surface area (Å²) in [5.41, 5.74) is 4.44. The van der Waals surface area contributed by atoms with E-state index in [0.29, 0.717) is 6.54 Å². The topological polar surface area (TPSA) is 47.3 Å². The predicted octanol–water partition coefficient (Wildman–Crippen LogP) is 4.25. The number of hydrogen-bond donors (Lipinski definition) is 1. The Labute approximate surface area is 152 Å². The predicted molar refractivity (Wildman–Crippen MR) is 105 cm³/mol. The van der Waals surface area contributed by atoms with Crippen molar-refractivity contribution in [1.29, 1.82) is 0 Å². The lowest BCUT2D eigenvalue weighted by Gasteiger charge is -2.14. The second-order valence-corrected chi connectivity index (χ2v) is 6.80. The molecule has 4 rings (SSSR count). The molecule has 132 valence electrons. The lowest BCUT2D eigenvalue weighted by molar-refractivity contribution is 0.0935. The average molecular weight is 346 g/mol. The number of hydrogen-bond acceptors (Lipinski definition) is 3. The molecule has 0 spiro atoms. The van der Waals surface area contributed by atoms with E-state index in [9.17, 15) is 5.11 Å². The number of benzene rings is 3. The van der Waals surface area contributed by atoms with Gasteiger partial charge in [-0.1, -0.05) is 30.3 Å². The van der Waals surface area contributed by atoms with Crippen LogP contribution in [0.15, 0.2) is 60.9 Å². The Bertz CT molecular complexity index is 1070. The molecule has 0 fully saturated rings. The molecule has 0 unspecified atom stereocenters. The molecule has 26 heavy (non-hydrogen) atoms. The van der Waals surface area contributed by atoms with Gasteiger partial charge in [0.15, 0.2) is 0 Å². The van der Waals surface area contributed by atoms with Crippen LogP contribution in [0, 0.1) is 13.8 Å². The van der Waals surface area contributed by atoms with Crippen LogP contribution in [0.25, 0.3) is 21.8 Å². The number of nitrogens with zero attached hydrogens (tertiary/aromatic N) is 2. The standard InChI is InChI=1S/C22H22N2O2/c1-15-9-21-22(10-16(15)2)24(14-23-21)12-19(25)13-26-20-8-7-17-5-3-4-6-18(17)11-20/h3-11,14,19,25H,12-13H2,1-2H3/t19-/m0/s1.